The van der Waals surface area contributed by atoms with Crippen LogP contribution in [-0.2, 0) is 60.2 Å². The molecule has 0 bridgehead atoms. The Labute approximate surface area is 227 Å². The Balaban J connectivity index is 1.95. The highest BCUT2D eigenvalue weighted by atomic mass is 32.2. The minimum atomic E-state index is -4.47. The van der Waals surface area contributed by atoms with Gasteiger partial charge in [-0.2, -0.15) is 8.42 Å². The first kappa shape index (κ1) is 30.2. The zero-order valence-electron chi connectivity index (χ0n) is 21.4. The molecule has 39 heavy (non-hydrogen) atoms. The number of esters is 2. The Morgan fingerprint density at radius 1 is 0.718 bits per heavy atom. The molecule has 2 unspecified atom stereocenters. The van der Waals surface area contributed by atoms with Gasteiger partial charge in [0.05, 0.1) is 32.3 Å². The minimum absolute atomic E-state index is 0.202. The number of carbonyl (C=O) groups excluding carboxylic acids is 2. The summed E-state index contributed by atoms with van der Waals surface area (Å²) >= 11 is 0. The molecule has 3 aromatic carbocycles. The second-order valence-corrected chi connectivity index (χ2v) is 12.0. The summed E-state index contributed by atoms with van der Waals surface area (Å²) in [7, 11) is -6.82. The van der Waals surface area contributed by atoms with Crippen molar-refractivity contribution < 1.29 is 45.3 Å². The first-order valence-corrected chi connectivity index (χ1v) is 14.8. The van der Waals surface area contributed by atoms with Crippen LogP contribution in [0.4, 0.5) is 0 Å². The van der Waals surface area contributed by atoms with Gasteiger partial charge >= 0.3 is 19.5 Å². The molecule has 0 aliphatic rings. The van der Waals surface area contributed by atoms with Crippen molar-refractivity contribution in [3.8, 4) is 0 Å². The normalized spacial score (nSPS) is 13.3. The van der Waals surface area contributed by atoms with E-state index < -0.39 is 47.8 Å². The van der Waals surface area contributed by atoms with E-state index >= 15 is 0 Å². The van der Waals surface area contributed by atoms with E-state index in [-0.39, 0.29) is 18.1 Å². The molecule has 0 N–H and O–H groups in total. The van der Waals surface area contributed by atoms with E-state index in [0.29, 0.717) is 11.1 Å². The lowest BCUT2D eigenvalue weighted by atomic mass is 10.2. The van der Waals surface area contributed by atoms with Gasteiger partial charge in [0, 0.05) is 6.42 Å². The van der Waals surface area contributed by atoms with Gasteiger partial charge in [0.15, 0.2) is 11.8 Å². The standard InChI is InChI=1S/C27H29O10PS/c1-33-26(28)24(37-39(31,32)23-16-10-5-11-17-23)18-25(27(29)34-2)38(30,35-19-21-12-6-3-7-13-21)36-20-22-14-8-4-9-15-22/h3-17,24-25H,18-20H2,1-2H3. The quantitative estimate of drug-likeness (QED) is 0.154. The predicted octanol–water partition coefficient (Wildman–Crippen LogP) is 4.49. The average Bonchev–Trinajstić information content (AvgIpc) is 2.97. The largest absolute Gasteiger partial charge is 0.468 e. The predicted molar refractivity (Wildman–Crippen MR) is 141 cm³/mol. The second kappa shape index (κ2) is 14.2. The van der Waals surface area contributed by atoms with Gasteiger partial charge in [-0.05, 0) is 23.3 Å². The van der Waals surface area contributed by atoms with Gasteiger partial charge in [0.2, 0.25) is 0 Å². The van der Waals surface area contributed by atoms with E-state index in [1.807, 2.05) is 0 Å². The first-order valence-electron chi connectivity index (χ1n) is 11.8. The molecular weight excluding hydrogens is 547 g/mol. The molecule has 0 amide bonds. The Morgan fingerprint density at radius 3 is 1.59 bits per heavy atom. The van der Waals surface area contributed by atoms with E-state index in [4.69, 9.17) is 22.7 Å². The summed E-state index contributed by atoms with van der Waals surface area (Å²) in [4.78, 5) is 25.3. The van der Waals surface area contributed by atoms with Gasteiger partial charge in [-0.1, -0.05) is 78.9 Å². The molecule has 0 aliphatic heterocycles. The van der Waals surface area contributed by atoms with Crippen molar-refractivity contribution in [1.29, 1.82) is 0 Å². The average molecular weight is 577 g/mol. The van der Waals surface area contributed by atoms with Gasteiger partial charge < -0.3 is 18.5 Å². The molecule has 208 valence electrons. The summed E-state index contributed by atoms with van der Waals surface area (Å²) in [5.41, 5.74) is -0.459. The maximum Gasteiger partial charge on any atom is 0.345 e. The smallest absolute Gasteiger partial charge is 0.345 e. The molecular formula is C27H29O10PS. The fourth-order valence-corrected chi connectivity index (χ4v) is 6.46. The van der Waals surface area contributed by atoms with Gasteiger partial charge in [-0.15, -0.1) is 0 Å². The number of hydrogen-bond acceptors (Lipinski definition) is 10. The molecule has 0 spiro atoms. The third-order valence-corrected chi connectivity index (χ3v) is 9.04. The third-order valence-electron chi connectivity index (χ3n) is 5.54. The van der Waals surface area contributed by atoms with Crippen LogP contribution >= 0.6 is 7.60 Å². The van der Waals surface area contributed by atoms with Crippen molar-refractivity contribution in [2.24, 2.45) is 0 Å². The fourth-order valence-electron chi connectivity index (χ4n) is 3.49. The van der Waals surface area contributed by atoms with Crippen LogP contribution in [0, 0.1) is 0 Å². The molecule has 0 saturated heterocycles. The lowest BCUT2D eigenvalue weighted by Gasteiger charge is -2.27. The van der Waals surface area contributed by atoms with Crippen molar-refractivity contribution in [3.63, 3.8) is 0 Å². The van der Waals surface area contributed by atoms with Crippen molar-refractivity contribution in [1.82, 2.24) is 0 Å². The summed E-state index contributed by atoms with van der Waals surface area (Å²) < 4.78 is 66.2. The number of ether oxygens (including phenoxy) is 2. The Bertz CT molecular complexity index is 1320. The Morgan fingerprint density at radius 2 is 1.15 bits per heavy atom. The molecule has 0 heterocycles. The van der Waals surface area contributed by atoms with Crippen LogP contribution in [0.2, 0.25) is 0 Å². The topological polar surface area (TPSA) is 132 Å². The summed E-state index contributed by atoms with van der Waals surface area (Å²) in [5.74, 6) is -2.16. The number of hydrogen-bond donors (Lipinski definition) is 0. The van der Waals surface area contributed by atoms with Gasteiger partial charge in [0.25, 0.3) is 10.1 Å². The van der Waals surface area contributed by atoms with E-state index in [2.05, 4.69) is 0 Å². The maximum atomic E-state index is 14.2. The van der Waals surface area contributed by atoms with E-state index in [1.54, 1.807) is 66.7 Å². The summed E-state index contributed by atoms with van der Waals surface area (Å²) in [6.07, 6.45) is -2.59. The first-order chi connectivity index (χ1) is 18.7. The number of carbonyl (C=O) groups is 2. The second-order valence-electron chi connectivity index (χ2n) is 8.21. The number of methoxy groups -OCH3 is 2. The van der Waals surface area contributed by atoms with Crippen LogP contribution in [0.15, 0.2) is 95.9 Å². The van der Waals surface area contributed by atoms with E-state index in [1.165, 1.54) is 24.3 Å². The molecule has 3 aromatic rings. The van der Waals surface area contributed by atoms with Crippen LogP contribution < -0.4 is 0 Å². The number of benzene rings is 3. The van der Waals surface area contributed by atoms with Crippen LogP contribution in [0.1, 0.15) is 17.5 Å². The maximum absolute atomic E-state index is 14.2. The SMILES string of the molecule is COC(=O)C(CC(C(=O)OC)P(=O)(OCc1ccccc1)OCc1ccccc1)OS(=O)(=O)c1ccccc1. The molecule has 0 radical (unpaired) electrons. The van der Waals surface area contributed by atoms with Crippen molar-refractivity contribution >= 4 is 29.7 Å². The fraction of sp³-hybridized carbons (Fsp3) is 0.259. The highest BCUT2D eigenvalue weighted by Gasteiger charge is 2.46. The van der Waals surface area contributed by atoms with Gasteiger partial charge in [-0.25, -0.2) is 4.79 Å². The van der Waals surface area contributed by atoms with Crippen LogP contribution in [0.5, 0.6) is 0 Å². The lowest BCUT2D eigenvalue weighted by Crippen LogP contribution is -2.36. The van der Waals surface area contributed by atoms with Crippen molar-refractivity contribution in [3.05, 3.63) is 102 Å². The Hall–Kier alpha value is -3.34. The monoisotopic (exact) mass is 576 g/mol. The molecule has 12 heteroatoms. The zero-order valence-corrected chi connectivity index (χ0v) is 23.1. The lowest BCUT2D eigenvalue weighted by molar-refractivity contribution is -0.150. The van der Waals surface area contributed by atoms with Crippen molar-refractivity contribution in [2.45, 2.75) is 36.3 Å². The van der Waals surface area contributed by atoms with E-state index in [9.17, 15) is 22.6 Å². The molecule has 0 saturated carbocycles. The third kappa shape index (κ3) is 8.58. The zero-order chi connectivity index (χ0) is 28.3. The Kier molecular flexibility index (Phi) is 11.0. The molecule has 3 rings (SSSR count). The van der Waals surface area contributed by atoms with Crippen LogP contribution in [0.25, 0.3) is 0 Å². The van der Waals surface area contributed by atoms with Crippen LogP contribution in [-0.4, -0.2) is 46.3 Å². The molecule has 10 nitrogen and oxygen atoms in total. The number of rotatable bonds is 14. The van der Waals surface area contributed by atoms with Crippen LogP contribution in [0.3, 0.4) is 0 Å². The summed E-state index contributed by atoms with van der Waals surface area (Å²) in [6, 6.07) is 24.6. The summed E-state index contributed by atoms with van der Waals surface area (Å²) in [6.45, 7) is -0.404. The highest BCUT2D eigenvalue weighted by molar-refractivity contribution is 7.86. The highest BCUT2D eigenvalue weighted by Crippen LogP contribution is 2.56. The van der Waals surface area contributed by atoms with E-state index in [0.717, 1.165) is 14.2 Å². The van der Waals surface area contributed by atoms with Gasteiger partial charge in [0.1, 0.15) is 0 Å². The summed E-state index contributed by atoms with van der Waals surface area (Å²) in [5, 5.41) is 0. The molecule has 0 aromatic heterocycles. The molecule has 0 aliphatic carbocycles. The minimum Gasteiger partial charge on any atom is -0.468 e. The van der Waals surface area contributed by atoms with Crippen molar-refractivity contribution in [2.75, 3.05) is 14.2 Å². The molecule has 0 fully saturated rings. The van der Waals surface area contributed by atoms with Gasteiger partial charge in [-0.3, -0.25) is 13.5 Å². The molecule has 2 atom stereocenters.